The Bertz CT molecular complexity index is 754. The van der Waals surface area contributed by atoms with Crippen LogP contribution in [0.4, 0.5) is 10.5 Å². The van der Waals surface area contributed by atoms with Crippen LogP contribution in [0.5, 0.6) is 11.5 Å². The molecular weight excluding hydrogens is 366 g/mol. The number of nitrogens with zero attached hydrogens (tertiary/aromatic N) is 2. The number of nitrogens with one attached hydrogen (secondary N) is 1. The van der Waals surface area contributed by atoms with Gasteiger partial charge in [0, 0.05) is 38.4 Å². The molecule has 0 radical (unpaired) electrons. The van der Waals surface area contributed by atoms with Crippen LogP contribution in [0.3, 0.4) is 0 Å². The number of hydrogen-bond acceptors (Lipinski definition) is 4. The van der Waals surface area contributed by atoms with Crippen molar-refractivity contribution in [3.8, 4) is 11.5 Å². The zero-order chi connectivity index (χ0) is 20.5. The van der Waals surface area contributed by atoms with Crippen LogP contribution in [0.15, 0.2) is 48.5 Å². The number of benzene rings is 2. The molecule has 1 heterocycles. The minimum Gasteiger partial charge on any atom is -0.497 e. The molecule has 29 heavy (non-hydrogen) atoms. The van der Waals surface area contributed by atoms with Crippen molar-refractivity contribution in [3.63, 3.8) is 0 Å². The second-order valence-corrected chi connectivity index (χ2v) is 7.27. The average molecular weight is 398 g/mol. The summed E-state index contributed by atoms with van der Waals surface area (Å²) in [6.07, 6.45) is 2.16. The molecule has 6 nitrogen and oxygen atoms in total. The van der Waals surface area contributed by atoms with Crippen LogP contribution < -0.4 is 14.8 Å². The third kappa shape index (κ3) is 6.39. The van der Waals surface area contributed by atoms with Gasteiger partial charge in [0.2, 0.25) is 0 Å². The lowest BCUT2D eigenvalue weighted by molar-refractivity contribution is 0.143. The first-order valence-corrected chi connectivity index (χ1v) is 10.3. The first-order chi connectivity index (χ1) is 14.2. The molecule has 1 N–H and O–H groups in total. The van der Waals surface area contributed by atoms with Crippen molar-refractivity contribution in [1.29, 1.82) is 0 Å². The van der Waals surface area contributed by atoms with Crippen molar-refractivity contribution in [2.45, 2.75) is 26.3 Å². The van der Waals surface area contributed by atoms with Gasteiger partial charge >= 0.3 is 6.03 Å². The number of anilines is 1. The number of amides is 2. The van der Waals surface area contributed by atoms with Crippen LogP contribution >= 0.6 is 0 Å². The van der Waals surface area contributed by atoms with Crippen molar-refractivity contribution in [2.24, 2.45) is 0 Å². The normalized spacial score (nSPS) is 14.5. The van der Waals surface area contributed by atoms with Gasteiger partial charge in [0.05, 0.1) is 13.7 Å². The summed E-state index contributed by atoms with van der Waals surface area (Å²) in [6.45, 7) is 6.93. The zero-order valence-electron chi connectivity index (χ0n) is 17.4. The number of hydrogen-bond donors (Lipinski definition) is 1. The summed E-state index contributed by atoms with van der Waals surface area (Å²) in [5.41, 5.74) is 2.04. The van der Waals surface area contributed by atoms with E-state index in [9.17, 15) is 4.79 Å². The molecule has 0 spiro atoms. The summed E-state index contributed by atoms with van der Waals surface area (Å²) in [7, 11) is 1.68. The monoisotopic (exact) mass is 397 g/mol. The van der Waals surface area contributed by atoms with Crippen molar-refractivity contribution >= 4 is 11.7 Å². The van der Waals surface area contributed by atoms with Crippen LogP contribution in [0.2, 0.25) is 0 Å². The van der Waals surface area contributed by atoms with Gasteiger partial charge in [0.25, 0.3) is 0 Å². The minimum absolute atomic E-state index is 0.0475. The van der Waals surface area contributed by atoms with Crippen LogP contribution in [-0.2, 0) is 6.54 Å². The lowest BCUT2D eigenvalue weighted by Crippen LogP contribution is -2.49. The third-order valence-corrected chi connectivity index (χ3v) is 5.10. The summed E-state index contributed by atoms with van der Waals surface area (Å²) < 4.78 is 10.9. The minimum atomic E-state index is -0.0475. The maximum Gasteiger partial charge on any atom is 0.321 e. The van der Waals surface area contributed by atoms with E-state index in [-0.39, 0.29) is 6.03 Å². The van der Waals surface area contributed by atoms with Crippen molar-refractivity contribution in [1.82, 2.24) is 9.80 Å². The molecule has 156 valence electrons. The molecule has 0 aromatic heterocycles. The summed E-state index contributed by atoms with van der Waals surface area (Å²) in [6, 6.07) is 15.7. The summed E-state index contributed by atoms with van der Waals surface area (Å²) in [5.74, 6) is 1.71. The smallest absolute Gasteiger partial charge is 0.321 e. The van der Waals surface area contributed by atoms with Gasteiger partial charge < -0.3 is 19.7 Å². The second kappa shape index (κ2) is 10.7. The van der Waals surface area contributed by atoms with E-state index in [1.807, 2.05) is 41.3 Å². The Hall–Kier alpha value is -2.73. The molecule has 2 aromatic carbocycles. The molecule has 2 aromatic rings. The molecule has 1 aliphatic heterocycles. The Morgan fingerprint density at radius 2 is 1.62 bits per heavy atom. The number of rotatable bonds is 8. The number of urea groups is 1. The van der Waals surface area contributed by atoms with Gasteiger partial charge in [-0.1, -0.05) is 25.5 Å². The number of ether oxygens (including phenoxy) is 2. The van der Waals surface area contributed by atoms with Crippen LogP contribution in [0, 0.1) is 0 Å². The van der Waals surface area contributed by atoms with Gasteiger partial charge in [-0.05, 0) is 48.4 Å². The maximum atomic E-state index is 12.6. The highest BCUT2D eigenvalue weighted by atomic mass is 16.5. The van der Waals surface area contributed by atoms with Gasteiger partial charge in [0.15, 0.2) is 0 Å². The highest BCUT2D eigenvalue weighted by molar-refractivity contribution is 5.89. The number of piperazine rings is 1. The zero-order valence-corrected chi connectivity index (χ0v) is 17.4. The van der Waals surface area contributed by atoms with Gasteiger partial charge in [-0.3, -0.25) is 4.90 Å². The first kappa shape index (κ1) is 21.0. The van der Waals surface area contributed by atoms with Gasteiger partial charge in [-0.15, -0.1) is 0 Å². The quantitative estimate of drug-likeness (QED) is 0.678. The summed E-state index contributed by atoms with van der Waals surface area (Å²) in [5, 5.41) is 2.98. The van der Waals surface area contributed by atoms with Crippen LogP contribution in [0.1, 0.15) is 25.3 Å². The van der Waals surface area contributed by atoms with Crippen LogP contribution in [0.25, 0.3) is 0 Å². The Morgan fingerprint density at radius 3 is 2.24 bits per heavy atom. The van der Waals surface area contributed by atoms with E-state index in [1.54, 1.807) is 7.11 Å². The van der Waals surface area contributed by atoms with Crippen LogP contribution in [-0.4, -0.2) is 55.7 Å². The first-order valence-electron chi connectivity index (χ1n) is 10.3. The van der Waals surface area contributed by atoms with E-state index in [1.165, 1.54) is 5.56 Å². The number of carbonyl (C=O) groups is 1. The molecule has 0 bridgehead atoms. The number of carbonyl (C=O) groups excluding carboxylic acids is 1. The van der Waals surface area contributed by atoms with E-state index in [0.717, 1.165) is 69.4 Å². The Kier molecular flexibility index (Phi) is 7.76. The highest BCUT2D eigenvalue weighted by Crippen LogP contribution is 2.18. The highest BCUT2D eigenvalue weighted by Gasteiger charge is 2.21. The van der Waals surface area contributed by atoms with E-state index in [2.05, 4.69) is 29.3 Å². The Labute approximate surface area is 173 Å². The standard InChI is InChI=1S/C23H31N3O3/c1-3-4-17-29-22-11-7-20(8-12-22)24-23(27)26-15-13-25(14-16-26)18-19-5-9-21(28-2)10-6-19/h5-12H,3-4,13-18H2,1-2H3,(H,24,27). The fraction of sp³-hybridized carbons (Fsp3) is 0.435. The predicted molar refractivity (Wildman–Crippen MR) is 116 cm³/mol. The fourth-order valence-electron chi connectivity index (χ4n) is 3.27. The van der Waals surface area contributed by atoms with Crippen molar-refractivity contribution in [3.05, 3.63) is 54.1 Å². The molecular formula is C23H31N3O3. The largest absolute Gasteiger partial charge is 0.497 e. The van der Waals surface area contributed by atoms with Gasteiger partial charge in [-0.2, -0.15) is 0 Å². The molecule has 2 amide bonds. The second-order valence-electron chi connectivity index (χ2n) is 7.27. The molecule has 1 fully saturated rings. The average Bonchev–Trinajstić information content (AvgIpc) is 2.76. The molecule has 1 aliphatic rings. The molecule has 3 rings (SSSR count). The van der Waals surface area contributed by atoms with E-state index < -0.39 is 0 Å². The molecule has 0 atom stereocenters. The lowest BCUT2D eigenvalue weighted by atomic mass is 10.2. The summed E-state index contributed by atoms with van der Waals surface area (Å²) >= 11 is 0. The third-order valence-electron chi connectivity index (χ3n) is 5.10. The van der Waals surface area contributed by atoms with Crippen molar-refractivity contribution < 1.29 is 14.3 Å². The number of methoxy groups -OCH3 is 1. The molecule has 0 aliphatic carbocycles. The fourth-order valence-corrected chi connectivity index (χ4v) is 3.27. The van der Waals surface area contributed by atoms with E-state index in [4.69, 9.17) is 9.47 Å². The molecule has 0 unspecified atom stereocenters. The van der Waals surface area contributed by atoms with E-state index >= 15 is 0 Å². The lowest BCUT2D eigenvalue weighted by Gasteiger charge is -2.34. The molecule has 1 saturated heterocycles. The Morgan fingerprint density at radius 1 is 0.966 bits per heavy atom. The molecule has 0 saturated carbocycles. The summed E-state index contributed by atoms with van der Waals surface area (Å²) in [4.78, 5) is 16.8. The topological polar surface area (TPSA) is 54.0 Å². The Balaban J connectivity index is 1.42. The van der Waals surface area contributed by atoms with Gasteiger partial charge in [-0.25, -0.2) is 4.79 Å². The van der Waals surface area contributed by atoms with E-state index in [0.29, 0.717) is 0 Å². The predicted octanol–water partition coefficient (Wildman–Crippen LogP) is 4.22. The maximum absolute atomic E-state index is 12.6. The van der Waals surface area contributed by atoms with Crippen molar-refractivity contribution in [2.75, 3.05) is 45.2 Å². The molecule has 6 heteroatoms. The SMILES string of the molecule is CCCCOc1ccc(NC(=O)N2CCN(Cc3ccc(OC)cc3)CC2)cc1. The number of unbranched alkanes of at least 4 members (excludes halogenated alkanes) is 1. The van der Waals surface area contributed by atoms with Gasteiger partial charge in [0.1, 0.15) is 11.5 Å².